The minimum Gasteiger partial charge on any atom is -0.459 e. The lowest BCUT2D eigenvalue weighted by Crippen LogP contribution is -2.52. The lowest BCUT2D eigenvalue weighted by atomic mass is 9.83. The van der Waals surface area contributed by atoms with E-state index in [0.717, 1.165) is 25.7 Å². The van der Waals surface area contributed by atoms with Crippen molar-refractivity contribution in [3.63, 3.8) is 0 Å². The number of pyridine rings is 1. The Kier molecular flexibility index (Phi) is 4.65. The number of carbonyl (C=O) groups excluding carboxylic acids is 1. The normalized spacial score (nSPS) is 26.4. The standard InChI is InChI=1S/C19H23F2N3O2/c1-23-12-4-2-5-13(23)9-14(8-12)26-19(25)16-10-24(11-17(20)21)18-15(16)6-3-7-22-18/h3,6-7,10,12-14,17H,2,4-5,8-9,11H2,1H3/t12-,13+,14+. The molecule has 7 heteroatoms. The molecular formula is C19H23F2N3O2. The van der Waals surface area contributed by atoms with Crippen LogP contribution in [0.25, 0.3) is 11.0 Å². The summed E-state index contributed by atoms with van der Waals surface area (Å²) in [7, 11) is 2.15. The molecule has 2 aliphatic heterocycles. The number of carbonyl (C=O) groups is 1. The highest BCUT2D eigenvalue weighted by Gasteiger charge is 2.37. The summed E-state index contributed by atoms with van der Waals surface area (Å²) in [6.45, 7) is -0.487. The molecule has 0 aliphatic carbocycles. The molecule has 0 spiro atoms. The Bertz CT molecular complexity index is 793. The number of ether oxygens (including phenoxy) is 1. The average Bonchev–Trinajstić information content (AvgIpc) is 2.94. The minimum atomic E-state index is -2.51. The van der Waals surface area contributed by atoms with E-state index < -0.39 is 18.9 Å². The molecule has 3 atom stereocenters. The van der Waals surface area contributed by atoms with Crippen LogP contribution in [0.4, 0.5) is 8.78 Å². The lowest BCUT2D eigenvalue weighted by Gasteiger charge is -2.46. The zero-order valence-electron chi connectivity index (χ0n) is 14.8. The molecule has 0 amide bonds. The Labute approximate surface area is 150 Å². The van der Waals surface area contributed by atoms with Crippen LogP contribution >= 0.6 is 0 Å². The molecule has 4 heterocycles. The SMILES string of the molecule is CN1[C@@H]2CCC[C@H]1C[C@@H](OC(=O)c1cn(CC(F)F)c3ncccc13)C2. The molecule has 2 aromatic heterocycles. The molecule has 0 unspecified atom stereocenters. The quantitative estimate of drug-likeness (QED) is 0.781. The van der Waals surface area contributed by atoms with Crippen molar-refractivity contribution in [3.05, 3.63) is 30.1 Å². The predicted octanol–water partition coefficient (Wildman–Crippen LogP) is 3.47. The molecule has 140 valence electrons. The highest BCUT2D eigenvalue weighted by Crippen LogP contribution is 2.34. The smallest absolute Gasteiger partial charge is 0.340 e. The van der Waals surface area contributed by atoms with Crippen molar-refractivity contribution in [2.45, 2.75) is 63.3 Å². The van der Waals surface area contributed by atoms with Gasteiger partial charge in [0, 0.05) is 42.7 Å². The largest absolute Gasteiger partial charge is 0.459 e. The Morgan fingerprint density at radius 1 is 1.35 bits per heavy atom. The van der Waals surface area contributed by atoms with Gasteiger partial charge in [-0.05, 0) is 32.0 Å². The second kappa shape index (κ2) is 6.95. The third-order valence-electron chi connectivity index (χ3n) is 5.76. The van der Waals surface area contributed by atoms with Crippen LogP contribution in [0, 0.1) is 0 Å². The third-order valence-corrected chi connectivity index (χ3v) is 5.76. The van der Waals surface area contributed by atoms with Crippen LogP contribution in [0.5, 0.6) is 0 Å². The molecule has 0 aromatic carbocycles. The second-order valence-electron chi connectivity index (χ2n) is 7.36. The van der Waals surface area contributed by atoms with Gasteiger partial charge < -0.3 is 14.2 Å². The average molecular weight is 363 g/mol. The summed E-state index contributed by atoms with van der Waals surface area (Å²) in [6, 6.07) is 4.35. The molecule has 2 saturated heterocycles. The van der Waals surface area contributed by atoms with Crippen LogP contribution in [0.1, 0.15) is 42.5 Å². The number of piperidine rings is 2. The Balaban J connectivity index is 1.55. The molecule has 2 aromatic rings. The molecule has 26 heavy (non-hydrogen) atoms. The number of hydrogen-bond acceptors (Lipinski definition) is 4. The van der Waals surface area contributed by atoms with Gasteiger partial charge in [0.05, 0.1) is 12.1 Å². The number of hydrogen-bond donors (Lipinski definition) is 0. The fraction of sp³-hybridized carbons (Fsp3) is 0.579. The maximum absolute atomic E-state index is 12.8. The van der Waals surface area contributed by atoms with E-state index in [1.807, 2.05) is 0 Å². The first-order valence-corrected chi connectivity index (χ1v) is 9.18. The molecule has 2 fully saturated rings. The number of rotatable bonds is 4. The molecule has 0 N–H and O–H groups in total. The van der Waals surface area contributed by atoms with E-state index in [-0.39, 0.29) is 6.10 Å². The zero-order chi connectivity index (χ0) is 18.3. The summed E-state index contributed by atoms with van der Waals surface area (Å²) in [5.74, 6) is -0.441. The van der Waals surface area contributed by atoms with Crippen LogP contribution in [0.15, 0.2) is 24.5 Å². The van der Waals surface area contributed by atoms with E-state index >= 15 is 0 Å². The molecule has 5 nitrogen and oxygen atoms in total. The number of nitrogens with zero attached hydrogens (tertiary/aromatic N) is 3. The van der Waals surface area contributed by atoms with Crippen molar-refractivity contribution in [2.24, 2.45) is 0 Å². The maximum atomic E-state index is 12.8. The monoisotopic (exact) mass is 363 g/mol. The number of halogens is 2. The summed E-state index contributed by atoms with van der Waals surface area (Å²) in [6.07, 6.45) is 5.55. The van der Waals surface area contributed by atoms with E-state index in [9.17, 15) is 13.6 Å². The Morgan fingerprint density at radius 3 is 2.77 bits per heavy atom. The zero-order valence-corrected chi connectivity index (χ0v) is 14.8. The summed E-state index contributed by atoms with van der Waals surface area (Å²) < 4.78 is 32.8. The number of esters is 1. The summed E-state index contributed by atoms with van der Waals surface area (Å²) in [5, 5.41) is 0.561. The van der Waals surface area contributed by atoms with Crippen molar-refractivity contribution < 1.29 is 18.3 Å². The molecular weight excluding hydrogens is 340 g/mol. The van der Waals surface area contributed by atoms with Crippen LogP contribution < -0.4 is 0 Å². The van der Waals surface area contributed by atoms with Crippen molar-refractivity contribution >= 4 is 17.0 Å². The molecule has 2 aliphatic rings. The van der Waals surface area contributed by atoms with Gasteiger partial charge in [-0.15, -0.1) is 0 Å². The first-order valence-electron chi connectivity index (χ1n) is 9.18. The number of alkyl halides is 2. The van der Waals surface area contributed by atoms with Gasteiger partial charge in [-0.2, -0.15) is 0 Å². The molecule has 4 rings (SSSR count). The maximum Gasteiger partial charge on any atom is 0.340 e. The van der Waals surface area contributed by atoms with E-state index in [4.69, 9.17) is 4.74 Å². The Morgan fingerprint density at radius 2 is 2.08 bits per heavy atom. The summed E-state index contributed by atoms with van der Waals surface area (Å²) in [5.41, 5.74) is 0.706. The number of aromatic nitrogens is 2. The van der Waals surface area contributed by atoms with E-state index in [2.05, 4.69) is 16.9 Å². The van der Waals surface area contributed by atoms with Gasteiger partial charge in [0.25, 0.3) is 6.43 Å². The van der Waals surface area contributed by atoms with Crippen LogP contribution in [-0.4, -0.2) is 52.1 Å². The van der Waals surface area contributed by atoms with Crippen molar-refractivity contribution in [1.82, 2.24) is 14.5 Å². The van der Waals surface area contributed by atoms with Gasteiger partial charge in [0.15, 0.2) is 0 Å². The van der Waals surface area contributed by atoms with Crippen LogP contribution in [0.3, 0.4) is 0 Å². The van der Waals surface area contributed by atoms with E-state index in [1.165, 1.54) is 23.4 Å². The second-order valence-corrected chi connectivity index (χ2v) is 7.36. The lowest BCUT2D eigenvalue weighted by molar-refractivity contribution is -0.0318. The van der Waals surface area contributed by atoms with Gasteiger partial charge >= 0.3 is 5.97 Å². The number of fused-ring (bicyclic) bond motifs is 3. The third kappa shape index (κ3) is 3.20. The molecule has 0 saturated carbocycles. The van der Waals surface area contributed by atoms with Gasteiger partial charge in [-0.25, -0.2) is 18.6 Å². The van der Waals surface area contributed by atoms with Crippen LogP contribution in [0.2, 0.25) is 0 Å². The predicted molar refractivity (Wildman–Crippen MR) is 93.4 cm³/mol. The van der Waals surface area contributed by atoms with Gasteiger partial charge in [0.1, 0.15) is 11.8 Å². The van der Waals surface area contributed by atoms with Gasteiger partial charge in [0.2, 0.25) is 0 Å². The molecule has 2 bridgehead atoms. The highest BCUT2D eigenvalue weighted by atomic mass is 19.3. The van der Waals surface area contributed by atoms with E-state index in [1.54, 1.807) is 12.1 Å². The van der Waals surface area contributed by atoms with Crippen molar-refractivity contribution in [1.29, 1.82) is 0 Å². The van der Waals surface area contributed by atoms with E-state index in [0.29, 0.717) is 28.7 Å². The van der Waals surface area contributed by atoms with Crippen LogP contribution in [-0.2, 0) is 11.3 Å². The fourth-order valence-electron chi connectivity index (χ4n) is 4.45. The summed E-state index contributed by atoms with van der Waals surface area (Å²) >= 11 is 0. The van der Waals surface area contributed by atoms with Gasteiger partial charge in [-0.1, -0.05) is 6.42 Å². The fourth-order valence-corrected chi connectivity index (χ4v) is 4.45. The first-order chi connectivity index (χ1) is 12.5. The molecule has 0 radical (unpaired) electrons. The minimum absolute atomic E-state index is 0.112. The topological polar surface area (TPSA) is 47.4 Å². The summed E-state index contributed by atoms with van der Waals surface area (Å²) in [4.78, 5) is 19.3. The highest BCUT2D eigenvalue weighted by molar-refractivity contribution is 6.03. The van der Waals surface area contributed by atoms with Gasteiger partial charge in [-0.3, -0.25) is 0 Å². The van der Waals surface area contributed by atoms with Crippen molar-refractivity contribution in [2.75, 3.05) is 7.05 Å². The van der Waals surface area contributed by atoms with Crippen molar-refractivity contribution in [3.8, 4) is 0 Å². The first kappa shape index (κ1) is 17.4. The Hall–Kier alpha value is -2.02.